The molecule has 0 saturated carbocycles. The molecule has 0 N–H and O–H groups in total. The highest BCUT2D eigenvalue weighted by Crippen LogP contribution is 2.11. The predicted molar refractivity (Wildman–Crippen MR) is 59.3 cm³/mol. The molecule has 0 amide bonds. The first-order chi connectivity index (χ1) is 6.68. The molecule has 0 aliphatic heterocycles. The Labute approximate surface area is 90.0 Å². The summed E-state index contributed by atoms with van der Waals surface area (Å²) < 4.78 is 1.01. The largest absolute Gasteiger partial charge is 0.259 e. The molecule has 72 valence electrons. The van der Waals surface area contributed by atoms with E-state index in [2.05, 4.69) is 15.9 Å². The van der Waals surface area contributed by atoms with Crippen LogP contribution in [0.4, 0.5) is 0 Å². The molecule has 0 heterocycles. The van der Waals surface area contributed by atoms with Crippen LogP contribution in [-0.2, 0) is 0 Å². The minimum Gasteiger partial charge on any atom is -0.259 e. The highest BCUT2D eigenvalue weighted by Gasteiger charge is 1.86. The molecule has 4 heteroatoms. The Morgan fingerprint density at radius 1 is 1.21 bits per heavy atom. The quantitative estimate of drug-likeness (QED) is 0.472. The van der Waals surface area contributed by atoms with Gasteiger partial charge in [0, 0.05) is 10.5 Å². The average molecular weight is 254 g/mol. The lowest BCUT2D eigenvalue weighted by Crippen LogP contribution is -1.80. The van der Waals surface area contributed by atoms with Gasteiger partial charge in [0.2, 0.25) is 6.20 Å². The van der Waals surface area contributed by atoms with Crippen LogP contribution in [0.15, 0.2) is 47.1 Å². The van der Waals surface area contributed by atoms with E-state index >= 15 is 0 Å². The normalized spacial score (nSPS) is 11.2. The standard InChI is InChI=1S/C10H8BrNO2/c11-10-6-4-9(5-7-10)3-1-2-8-12(13)14/h1-8H. The van der Waals surface area contributed by atoms with Crippen LogP contribution in [0.2, 0.25) is 0 Å². The summed E-state index contributed by atoms with van der Waals surface area (Å²) in [5, 5.41) is 9.93. The van der Waals surface area contributed by atoms with Crippen molar-refractivity contribution in [1.82, 2.24) is 0 Å². The molecule has 1 aromatic carbocycles. The Hall–Kier alpha value is -1.42. The van der Waals surface area contributed by atoms with Gasteiger partial charge in [0.25, 0.3) is 0 Å². The molecule has 0 aliphatic carbocycles. The molecule has 0 aliphatic rings. The van der Waals surface area contributed by atoms with Crippen LogP contribution in [0, 0.1) is 10.1 Å². The number of nitro groups is 1. The van der Waals surface area contributed by atoms with Crippen LogP contribution >= 0.6 is 15.9 Å². The summed E-state index contributed by atoms with van der Waals surface area (Å²) in [6.07, 6.45) is 5.72. The fraction of sp³-hybridized carbons (Fsp3) is 0. The summed E-state index contributed by atoms with van der Waals surface area (Å²) >= 11 is 3.32. The van der Waals surface area contributed by atoms with E-state index in [4.69, 9.17) is 0 Å². The van der Waals surface area contributed by atoms with E-state index < -0.39 is 4.92 Å². The van der Waals surface area contributed by atoms with E-state index in [1.807, 2.05) is 24.3 Å². The lowest BCUT2D eigenvalue weighted by Gasteiger charge is -1.91. The lowest BCUT2D eigenvalue weighted by atomic mass is 10.2. The Morgan fingerprint density at radius 2 is 1.86 bits per heavy atom. The zero-order valence-electron chi connectivity index (χ0n) is 7.26. The molecule has 14 heavy (non-hydrogen) atoms. The second-order valence-electron chi connectivity index (χ2n) is 2.54. The Morgan fingerprint density at radius 3 is 2.43 bits per heavy atom. The van der Waals surface area contributed by atoms with E-state index in [1.54, 1.807) is 12.2 Å². The molecule has 0 bridgehead atoms. The van der Waals surface area contributed by atoms with Gasteiger partial charge >= 0.3 is 0 Å². The molecule has 0 atom stereocenters. The minimum absolute atomic E-state index is 0.494. The van der Waals surface area contributed by atoms with Gasteiger partial charge < -0.3 is 0 Å². The van der Waals surface area contributed by atoms with Gasteiger partial charge in [-0.1, -0.05) is 40.2 Å². The average Bonchev–Trinajstić information content (AvgIpc) is 2.15. The molecule has 0 unspecified atom stereocenters. The third-order valence-corrected chi connectivity index (χ3v) is 2.01. The van der Waals surface area contributed by atoms with Crippen molar-refractivity contribution in [1.29, 1.82) is 0 Å². The van der Waals surface area contributed by atoms with Crippen LogP contribution in [0.25, 0.3) is 6.08 Å². The van der Waals surface area contributed by atoms with E-state index in [0.717, 1.165) is 16.2 Å². The molecule has 0 radical (unpaired) electrons. The predicted octanol–water partition coefficient (Wildman–Crippen LogP) is 3.25. The highest BCUT2D eigenvalue weighted by molar-refractivity contribution is 9.10. The summed E-state index contributed by atoms with van der Waals surface area (Å²) in [6.45, 7) is 0. The number of benzene rings is 1. The summed E-state index contributed by atoms with van der Waals surface area (Å²) in [5.74, 6) is 0. The van der Waals surface area contributed by atoms with Gasteiger partial charge in [0.05, 0.1) is 4.92 Å². The molecule has 1 aromatic rings. The maximum Gasteiger partial charge on any atom is 0.234 e. The second-order valence-corrected chi connectivity index (χ2v) is 3.45. The highest BCUT2D eigenvalue weighted by atomic mass is 79.9. The van der Waals surface area contributed by atoms with Gasteiger partial charge in [-0.05, 0) is 17.7 Å². The summed E-state index contributed by atoms with van der Waals surface area (Å²) in [7, 11) is 0. The van der Waals surface area contributed by atoms with Gasteiger partial charge in [-0.25, -0.2) is 0 Å². The Balaban J connectivity index is 2.60. The number of hydrogen-bond donors (Lipinski definition) is 0. The van der Waals surface area contributed by atoms with Gasteiger partial charge in [0.15, 0.2) is 0 Å². The minimum atomic E-state index is -0.494. The van der Waals surface area contributed by atoms with E-state index in [9.17, 15) is 10.1 Å². The molecule has 0 saturated heterocycles. The van der Waals surface area contributed by atoms with E-state index in [1.165, 1.54) is 6.08 Å². The zero-order valence-corrected chi connectivity index (χ0v) is 8.85. The smallest absolute Gasteiger partial charge is 0.234 e. The number of allylic oxidation sites excluding steroid dienone is 2. The number of halogens is 1. The maximum atomic E-state index is 9.93. The second kappa shape index (κ2) is 5.34. The van der Waals surface area contributed by atoms with Crippen molar-refractivity contribution in [3.63, 3.8) is 0 Å². The van der Waals surface area contributed by atoms with Crippen molar-refractivity contribution in [2.24, 2.45) is 0 Å². The number of hydrogen-bond acceptors (Lipinski definition) is 2. The summed E-state index contributed by atoms with van der Waals surface area (Å²) in [5.41, 5.74) is 1.00. The van der Waals surface area contributed by atoms with Crippen LogP contribution in [0.3, 0.4) is 0 Å². The fourth-order valence-corrected chi connectivity index (χ4v) is 1.12. The molecule has 0 aromatic heterocycles. The van der Waals surface area contributed by atoms with Gasteiger partial charge in [-0.2, -0.15) is 0 Å². The number of nitrogens with zero attached hydrogens (tertiary/aromatic N) is 1. The lowest BCUT2D eigenvalue weighted by molar-refractivity contribution is -0.402. The van der Waals surface area contributed by atoms with Gasteiger partial charge in [0.1, 0.15) is 0 Å². The monoisotopic (exact) mass is 253 g/mol. The van der Waals surface area contributed by atoms with Gasteiger partial charge in [-0.15, -0.1) is 0 Å². The van der Waals surface area contributed by atoms with Gasteiger partial charge in [-0.3, -0.25) is 10.1 Å². The van der Waals surface area contributed by atoms with E-state index in [-0.39, 0.29) is 0 Å². The Bertz CT molecular complexity index is 368. The molecule has 1 rings (SSSR count). The van der Waals surface area contributed by atoms with Crippen molar-refractivity contribution in [2.45, 2.75) is 0 Å². The number of rotatable bonds is 3. The first-order valence-electron chi connectivity index (χ1n) is 3.92. The van der Waals surface area contributed by atoms with Crippen molar-refractivity contribution < 1.29 is 4.92 Å². The SMILES string of the molecule is O=[N+]([O-])C=CC=Cc1ccc(Br)cc1. The fourth-order valence-electron chi connectivity index (χ4n) is 0.861. The van der Waals surface area contributed by atoms with Crippen molar-refractivity contribution in [3.05, 3.63) is 62.8 Å². The van der Waals surface area contributed by atoms with Crippen molar-refractivity contribution >= 4 is 22.0 Å². The zero-order chi connectivity index (χ0) is 10.4. The maximum absolute atomic E-state index is 9.93. The molecule has 0 fully saturated rings. The van der Waals surface area contributed by atoms with Crippen molar-refractivity contribution in [3.8, 4) is 0 Å². The first kappa shape index (κ1) is 10.7. The van der Waals surface area contributed by atoms with Crippen molar-refractivity contribution in [2.75, 3.05) is 0 Å². The first-order valence-corrected chi connectivity index (χ1v) is 4.72. The third-order valence-electron chi connectivity index (χ3n) is 1.48. The molecule has 0 spiro atoms. The molecule has 3 nitrogen and oxygen atoms in total. The summed E-state index contributed by atoms with van der Waals surface area (Å²) in [6, 6.07) is 7.66. The molecular weight excluding hydrogens is 246 g/mol. The van der Waals surface area contributed by atoms with Crippen LogP contribution in [-0.4, -0.2) is 4.92 Å². The topological polar surface area (TPSA) is 43.1 Å². The summed E-state index contributed by atoms with van der Waals surface area (Å²) in [4.78, 5) is 9.44. The van der Waals surface area contributed by atoms with Crippen LogP contribution in [0.1, 0.15) is 5.56 Å². The third kappa shape index (κ3) is 4.00. The van der Waals surface area contributed by atoms with Crippen LogP contribution < -0.4 is 0 Å². The molecular formula is C10H8BrNO2. The van der Waals surface area contributed by atoms with Crippen LogP contribution in [0.5, 0.6) is 0 Å². The van der Waals surface area contributed by atoms with E-state index in [0.29, 0.717) is 0 Å². The Kier molecular flexibility index (Phi) is 4.07.